The standard InChI is InChI=1S/C22H33F3NO6P/c1-8-30-33(29,31-9-2)18(20(28)32-21(5,6)7)14(3)19(27)26-15(4)16-10-12-17(13-11-16)22(23,24)25/h10-15,18H,8-9H2,1-7H3,(H,26,27). The van der Waals surface area contributed by atoms with Gasteiger partial charge >= 0.3 is 19.7 Å². The number of carbonyl (C=O) groups is 2. The second-order valence-electron chi connectivity index (χ2n) is 8.49. The number of esters is 1. The Labute approximate surface area is 192 Å². The van der Waals surface area contributed by atoms with Gasteiger partial charge in [-0.05, 0) is 59.2 Å². The lowest BCUT2D eigenvalue weighted by Crippen LogP contribution is -2.43. The lowest BCUT2D eigenvalue weighted by atomic mass is 10.0. The lowest BCUT2D eigenvalue weighted by molar-refractivity contribution is -0.157. The van der Waals surface area contributed by atoms with Crippen molar-refractivity contribution in [2.45, 2.75) is 71.9 Å². The van der Waals surface area contributed by atoms with Gasteiger partial charge in [-0.1, -0.05) is 19.1 Å². The van der Waals surface area contributed by atoms with Gasteiger partial charge in [0.15, 0.2) is 5.66 Å². The third-order valence-corrected chi connectivity index (χ3v) is 7.17. The van der Waals surface area contributed by atoms with Gasteiger partial charge in [0.1, 0.15) is 5.60 Å². The maximum atomic E-state index is 13.4. The van der Waals surface area contributed by atoms with Gasteiger partial charge in [-0.15, -0.1) is 0 Å². The molecule has 33 heavy (non-hydrogen) atoms. The summed E-state index contributed by atoms with van der Waals surface area (Å²) in [5.41, 5.74) is -2.83. The fraction of sp³-hybridized carbons (Fsp3) is 0.636. The minimum absolute atomic E-state index is 0.0210. The maximum absolute atomic E-state index is 13.4. The van der Waals surface area contributed by atoms with E-state index in [2.05, 4.69) is 5.32 Å². The maximum Gasteiger partial charge on any atom is 0.416 e. The Hall–Kier alpha value is -1.90. The van der Waals surface area contributed by atoms with Gasteiger partial charge in [0, 0.05) is 0 Å². The molecule has 0 aromatic heterocycles. The van der Waals surface area contributed by atoms with Crippen LogP contribution in [0.25, 0.3) is 0 Å². The van der Waals surface area contributed by atoms with Crippen molar-refractivity contribution in [2.75, 3.05) is 13.2 Å². The first-order chi connectivity index (χ1) is 15.1. The molecule has 0 heterocycles. The van der Waals surface area contributed by atoms with E-state index in [0.29, 0.717) is 5.56 Å². The molecule has 0 bridgehead atoms. The van der Waals surface area contributed by atoms with E-state index in [1.807, 2.05) is 0 Å². The smallest absolute Gasteiger partial charge is 0.416 e. The summed E-state index contributed by atoms with van der Waals surface area (Å²) in [4.78, 5) is 25.9. The average molecular weight is 495 g/mol. The molecule has 3 atom stereocenters. The van der Waals surface area contributed by atoms with Crippen LogP contribution < -0.4 is 5.32 Å². The van der Waals surface area contributed by atoms with Crippen LogP contribution in [0.2, 0.25) is 0 Å². The molecule has 1 aromatic rings. The summed E-state index contributed by atoms with van der Waals surface area (Å²) >= 11 is 0. The van der Waals surface area contributed by atoms with Crippen molar-refractivity contribution >= 4 is 19.5 Å². The van der Waals surface area contributed by atoms with E-state index in [9.17, 15) is 27.3 Å². The molecular formula is C22H33F3NO6P. The van der Waals surface area contributed by atoms with Crippen LogP contribution in [0, 0.1) is 5.92 Å². The fourth-order valence-electron chi connectivity index (χ4n) is 3.06. The molecule has 0 saturated heterocycles. The summed E-state index contributed by atoms with van der Waals surface area (Å²) in [5, 5.41) is 2.65. The molecule has 0 aliphatic carbocycles. The molecule has 7 nitrogen and oxygen atoms in total. The van der Waals surface area contributed by atoms with Crippen LogP contribution in [0.5, 0.6) is 0 Å². The predicted molar refractivity (Wildman–Crippen MR) is 118 cm³/mol. The zero-order valence-corrected chi connectivity index (χ0v) is 20.9. The number of halogens is 3. The number of ether oxygens (including phenoxy) is 1. The van der Waals surface area contributed by atoms with Crippen molar-refractivity contribution < 1.29 is 41.1 Å². The van der Waals surface area contributed by atoms with Crippen molar-refractivity contribution in [3.63, 3.8) is 0 Å². The number of rotatable bonds is 10. The predicted octanol–water partition coefficient (Wildman–Crippen LogP) is 5.50. The molecule has 11 heteroatoms. The monoisotopic (exact) mass is 495 g/mol. The van der Waals surface area contributed by atoms with Crippen LogP contribution in [0.4, 0.5) is 13.2 Å². The Balaban J connectivity index is 3.17. The quantitative estimate of drug-likeness (QED) is 0.341. The molecule has 1 rings (SSSR count). The fourth-order valence-corrected chi connectivity index (χ4v) is 5.17. The zero-order valence-electron chi connectivity index (χ0n) is 20.0. The van der Waals surface area contributed by atoms with Crippen molar-refractivity contribution in [3.8, 4) is 0 Å². The number of amides is 1. The number of benzene rings is 1. The number of hydrogen-bond donors (Lipinski definition) is 1. The van der Waals surface area contributed by atoms with Crippen LogP contribution in [-0.2, 0) is 34.1 Å². The van der Waals surface area contributed by atoms with E-state index in [4.69, 9.17) is 13.8 Å². The molecule has 0 saturated carbocycles. The van der Waals surface area contributed by atoms with Crippen LogP contribution >= 0.6 is 7.60 Å². The molecule has 188 valence electrons. The van der Waals surface area contributed by atoms with Crippen molar-refractivity contribution in [1.82, 2.24) is 5.32 Å². The summed E-state index contributed by atoms with van der Waals surface area (Å²) in [6, 6.07) is 3.68. The summed E-state index contributed by atoms with van der Waals surface area (Å²) in [5.74, 6) is -2.74. The van der Waals surface area contributed by atoms with E-state index >= 15 is 0 Å². The van der Waals surface area contributed by atoms with Crippen LogP contribution in [0.3, 0.4) is 0 Å². The van der Waals surface area contributed by atoms with Crippen LogP contribution in [0.15, 0.2) is 24.3 Å². The molecular weight excluding hydrogens is 462 g/mol. The summed E-state index contributed by atoms with van der Waals surface area (Å²) in [6.45, 7) is 11.0. The Morgan fingerprint density at radius 3 is 1.88 bits per heavy atom. The molecule has 3 unspecified atom stereocenters. The first-order valence-corrected chi connectivity index (χ1v) is 12.3. The van der Waals surface area contributed by atoms with Gasteiger partial charge < -0.3 is 19.1 Å². The van der Waals surface area contributed by atoms with Crippen molar-refractivity contribution in [1.29, 1.82) is 0 Å². The van der Waals surface area contributed by atoms with Gasteiger partial charge in [-0.2, -0.15) is 13.2 Å². The Kier molecular flexibility index (Phi) is 10.1. The van der Waals surface area contributed by atoms with E-state index in [1.165, 1.54) is 19.1 Å². The average Bonchev–Trinajstić information content (AvgIpc) is 2.66. The molecule has 1 N–H and O–H groups in total. The zero-order chi connectivity index (χ0) is 25.6. The number of carbonyl (C=O) groups excluding carboxylic acids is 2. The number of alkyl halides is 3. The van der Waals surface area contributed by atoms with Crippen LogP contribution in [-0.4, -0.2) is 36.4 Å². The Morgan fingerprint density at radius 2 is 1.48 bits per heavy atom. The van der Waals surface area contributed by atoms with Gasteiger partial charge in [0.25, 0.3) is 0 Å². The highest BCUT2D eigenvalue weighted by Gasteiger charge is 2.49. The highest BCUT2D eigenvalue weighted by molar-refractivity contribution is 7.55. The van der Waals surface area contributed by atoms with Crippen molar-refractivity contribution in [3.05, 3.63) is 35.4 Å². The minimum atomic E-state index is -4.47. The first kappa shape index (κ1) is 29.1. The summed E-state index contributed by atoms with van der Waals surface area (Å²) in [6.07, 6.45) is -4.47. The van der Waals surface area contributed by atoms with E-state index < -0.39 is 54.4 Å². The SMILES string of the molecule is CCOP(=O)(OCC)C(C(=O)OC(C)(C)C)C(C)C(=O)NC(C)c1ccc(C(F)(F)F)cc1. The highest BCUT2D eigenvalue weighted by Crippen LogP contribution is 2.56. The summed E-state index contributed by atoms with van der Waals surface area (Å²) < 4.78 is 67.8. The first-order valence-electron chi connectivity index (χ1n) is 10.6. The summed E-state index contributed by atoms with van der Waals surface area (Å²) in [7, 11) is -4.08. The Morgan fingerprint density at radius 1 is 1.00 bits per heavy atom. The highest BCUT2D eigenvalue weighted by atomic mass is 31.2. The largest absolute Gasteiger partial charge is 0.459 e. The van der Waals surface area contributed by atoms with Gasteiger partial charge in [0.2, 0.25) is 5.91 Å². The van der Waals surface area contributed by atoms with Gasteiger partial charge in [0.05, 0.1) is 30.7 Å². The van der Waals surface area contributed by atoms with Gasteiger partial charge in [-0.3, -0.25) is 14.2 Å². The van der Waals surface area contributed by atoms with E-state index in [1.54, 1.807) is 41.5 Å². The minimum Gasteiger partial charge on any atom is -0.459 e. The normalized spacial score (nSPS) is 15.5. The number of nitrogens with one attached hydrogen (secondary N) is 1. The third-order valence-electron chi connectivity index (χ3n) is 4.59. The molecule has 0 aliphatic rings. The molecule has 0 radical (unpaired) electrons. The molecule has 0 fully saturated rings. The second-order valence-corrected chi connectivity index (χ2v) is 10.6. The van der Waals surface area contributed by atoms with Crippen molar-refractivity contribution in [2.24, 2.45) is 5.92 Å². The van der Waals surface area contributed by atoms with Gasteiger partial charge in [-0.25, -0.2) is 0 Å². The van der Waals surface area contributed by atoms with Crippen LogP contribution in [0.1, 0.15) is 65.6 Å². The third kappa shape index (κ3) is 8.43. The molecule has 0 aliphatic heterocycles. The van der Waals surface area contributed by atoms with E-state index in [0.717, 1.165) is 12.1 Å². The molecule has 0 spiro atoms. The topological polar surface area (TPSA) is 90.9 Å². The second kappa shape index (κ2) is 11.5. The number of hydrogen-bond acceptors (Lipinski definition) is 6. The molecule has 1 aromatic carbocycles. The lowest BCUT2D eigenvalue weighted by Gasteiger charge is -2.31. The van der Waals surface area contributed by atoms with E-state index in [-0.39, 0.29) is 13.2 Å². The Bertz CT molecular complexity index is 841. The molecule has 1 amide bonds.